The summed E-state index contributed by atoms with van der Waals surface area (Å²) >= 11 is 0. The van der Waals surface area contributed by atoms with Crippen LogP contribution in [0.5, 0.6) is 5.75 Å². The Bertz CT molecular complexity index is 599. The molecule has 0 unspecified atom stereocenters. The van der Waals surface area contributed by atoms with Gasteiger partial charge in [-0.15, -0.1) is 0 Å². The van der Waals surface area contributed by atoms with Gasteiger partial charge in [-0.05, 0) is 61.9 Å². The second kappa shape index (κ2) is 7.14. The van der Waals surface area contributed by atoms with E-state index in [-0.39, 0.29) is 5.91 Å². The highest BCUT2D eigenvalue weighted by Crippen LogP contribution is 2.30. The van der Waals surface area contributed by atoms with Crippen LogP contribution in [0, 0.1) is 5.92 Å². The third kappa shape index (κ3) is 3.44. The molecule has 1 aromatic rings. The molecule has 4 rings (SSSR count). The van der Waals surface area contributed by atoms with Crippen LogP contribution < -0.4 is 10.1 Å². The number of ether oxygens (including phenoxy) is 1. The maximum absolute atomic E-state index is 12.3. The smallest absolute Gasteiger partial charge is 0.224 e. The summed E-state index contributed by atoms with van der Waals surface area (Å²) in [6, 6.07) is 6.90. The molecule has 0 radical (unpaired) electrons. The zero-order chi connectivity index (χ0) is 16.4. The molecule has 3 heterocycles. The van der Waals surface area contributed by atoms with Crippen molar-refractivity contribution in [2.24, 2.45) is 5.92 Å². The molecule has 1 amide bonds. The Kier molecular flexibility index (Phi) is 4.74. The zero-order valence-corrected chi connectivity index (χ0v) is 14.4. The Morgan fingerprint density at radius 3 is 3.08 bits per heavy atom. The van der Waals surface area contributed by atoms with Crippen LogP contribution in [0.4, 0.5) is 0 Å². The second-order valence-corrected chi connectivity index (χ2v) is 7.52. The minimum absolute atomic E-state index is 0.140. The first-order valence-electron chi connectivity index (χ1n) is 9.55. The molecule has 0 saturated carbocycles. The molecule has 1 N–H and O–H groups in total. The molecule has 2 atom stereocenters. The van der Waals surface area contributed by atoms with Gasteiger partial charge in [0.15, 0.2) is 0 Å². The number of rotatable bonds is 4. The first-order chi connectivity index (χ1) is 11.8. The fourth-order valence-electron chi connectivity index (χ4n) is 4.63. The second-order valence-electron chi connectivity index (χ2n) is 7.52. The van der Waals surface area contributed by atoms with Crippen molar-refractivity contribution in [2.45, 2.75) is 51.0 Å². The van der Waals surface area contributed by atoms with Gasteiger partial charge in [-0.1, -0.05) is 18.6 Å². The first-order valence-corrected chi connectivity index (χ1v) is 9.55. The number of carbonyl (C=O) groups excluding carboxylic acids is 1. The van der Waals surface area contributed by atoms with Crippen molar-refractivity contribution in [3.63, 3.8) is 0 Å². The molecule has 0 aromatic heterocycles. The van der Waals surface area contributed by atoms with Crippen LogP contribution >= 0.6 is 0 Å². The molecule has 4 heteroatoms. The number of benzene rings is 1. The van der Waals surface area contributed by atoms with Crippen LogP contribution in [0.25, 0.3) is 0 Å². The standard InChI is InChI=1S/C20H28N2O2/c23-20(13-15-6-7-16-8-11-24-19(16)12-15)21-14-17-4-3-10-22-9-2-1-5-18(17)22/h6-7,12,17-18H,1-5,8-11,13-14H2,(H,21,23)/t17-,18-/m0/s1. The molecule has 3 aliphatic rings. The summed E-state index contributed by atoms with van der Waals surface area (Å²) in [7, 11) is 0. The monoisotopic (exact) mass is 328 g/mol. The zero-order valence-electron chi connectivity index (χ0n) is 14.4. The van der Waals surface area contributed by atoms with Gasteiger partial charge in [0.2, 0.25) is 5.91 Å². The molecule has 4 nitrogen and oxygen atoms in total. The summed E-state index contributed by atoms with van der Waals surface area (Å²) in [4.78, 5) is 15.0. The highest BCUT2D eigenvalue weighted by Gasteiger charge is 2.32. The highest BCUT2D eigenvalue weighted by molar-refractivity contribution is 5.78. The van der Waals surface area contributed by atoms with Crippen molar-refractivity contribution in [1.82, 2.24) is 10.2 Å². The molecule has 0 spiro atoms. The predicted molar refractivity (Wildman–Crippen MR) is 94.3 cm³/mol. The van der Waals surface area contributed by atoms with E-state index in [1.807, 2.05) is 6.07 Å². The quantitative estimate of drug-likeness (QED) is 0.923. The highest BCUT2D eigenvalue weighted by atomic mass is 16.5. The van der Waals surface area contributed by atoms with E-state index < -0.39 is 0 Å². The Balaban J connectivity index is 1.30. The first kappa shape index (κ1) is 15.9. The number of piperidine rings is 2. The average Bonchev–Trinajstić information content (AvgIpc) is 3.07. The summed E-state index contributed by atoms with van der Waals surface area (Å²) < 4.78 is 5.60. The molecular weight excluding hydrogens is 300 g/mol. The topological polar surface area (TPSA) is 41.6 Å². The molecule has 0 bridgehead atoms. The molecular formula is C20H28N2O2. The van der Waals surface area contributed by atoms with Gasteiger partial charge in [-0.2, -0.15) is 0 Å². The lowest BCUT2D eigenvalue weighted by atomic mass is 9.83. The van der Waals surface area contributed by atoms with E-state index in [1.165, 1.54) is 50.8 Å². The summed E-state index contributed by atoms with van der Waals surface area (Å²) in [6.07, 6.45) is 7.98. The van der Waals surface area contributed by atoms with Crippen LogP contribution in [-0.2, 0) is 17.6 Å². The van der Waals surface area contributed by atoms with E-state index in [1.54, 1.807) is 0 Å². The van der Waals surface area contributed by atoms with Gasteiger partial charge in [0, 0.05) is 19.0 Å². The molecule has 0 aliphatic carbocycles. The van der Waals surface area contributed by atoms with Gasteiger partial charge < -0.3 is 15.0 Å². The Morgan fingerprint density at radius 1 is 1.21 bits per heavy atom. The van der Waals surface area contributed by atoms with Crippen molar-refractivity contribution in [3.8, 4) is 5.75 Å². The van der Waals surface area contributed by atoms with Crippen LogP contribution in [-0.4, -0.2) is 43.1 Å². The predicted octanol–water partition coefficient (Wildman–Crippen LogP) is 2.54. The van der Waals surface area contributed by atoms with E-state index in [0.29, 0.717) is 18.4 Å². The van der Waals surface area contributed by atoms with Crippen molar-refractivity contribution < 1.29 is 9.53 Å². The normalized spacial score (nSPS) is 26.3. The number of fused-ring (bicyclic) bond motifs is 2. The van der Waals surface area contributed by atoms with Crippen molar-refractivity contribution in [3.05, 3.63) is 29.3 Å². The largest absolute Gasteiger partial charge is 0.493 e. The Morgan fingerprint density at radius 2 is 2.12 bits per heavy atom. The lowest BCUT2D eigenvalue weighted by Gasteiger charge is -2.44. The van der Waals surface area contributed by atoms with Gasteiger partial charge in [0.25, 0.3) is 0 Å². The van der Waals surface area contributed by atoms with Gasteiger partial charge in [-0.3, -0.25) is 4.79 Å². The number of hydrogen-bond donors (Lipinski definition) is 1. The molecule has 3 aliphatic heterocycles. The minimum Gasteiger partial charge on any atom is -0.493 e. The summed E-state index contributed by atoms with van der Waals surface area (Å²) in [5, 5.41) is 3.20. The number of nitrogens with one attached hydrogen (secondary N) is 1. The SMILES string of the molecule is O=C(Cc1ccc2c(c1)OCC2)NC[C@@H]1CCCN2CCCC[C@@H]12. The molecule has 24 heavy (non-hydrogen) atoms. The molecule has 130 valence electrons. The lowest BCUT2D eigenvalue weighted by molar-refractivity contribution is -0.120. The average molecular weight is 328 g/mol. The van der Waals surface area contributed by atoms with Crippen LogP contribution in [0.15, 0.2) is 18.2 Å². The maximum atomic E-state index is 12.3. The van der Waals surface area contributed by atoms with E-state index in [9.17, 15) is 4.79 Å². The number of carbonyl (C=O) groups is 1. The van der Waals surface area contributed by atoms with Crippen molar-refractivity contribution >= 4 is 5.91 Å². The molecule has 2 saturated heterocycles. The van der Waals surface area contributed by atoms with E-state index in [2.05, 4.69) is 22.3 Å². The Labute approximate surface area is 144 Å². The third-order valence-electron chi connectivity index (χ3n) is 5.92. The van der Waals surface area contributed by atoms with E-state index in [0.717, 1.165) is 30.9 Å². The van der Waals surface area contributed by atoms with E-state index >= 15 is 0 Å². The Hall–Kier alpha value is -1.55. The van der Waals surface area contributed by atoms with Gasteiger partial charge in [0.1, 0.15) is 5.75 Å². The van der Waals surface area contributed by atoms with Gasteiger partial charge >= 0.3 is 0 Å². The number of nitrogens with zero attached hydrogens (tertiary/aromatic N) is 1. The lowest BCUT2D eigenvalue weighted by Crippen LogP contribution is -2.51. The van der Waals surface area contributed by atoms with Crippen LogP contribution in [0.3, 0.4) is 0 Å². The molecule has 2 fully saturated rings. The summed E-state index contributed by atoms with van der Waals surface area (Å²) in [5.74, 6) is 1.73. The summed E-state index contributed by atoms with van der Waals surface area (Å²) in [6.45, 7) is 4.11. The van der Waals surface area contributed by atoms with Crippen molar-refractivity contribution in [1.29, 1.82) is 0 Å². The number of amides is 1. The van der Waals surface area contributed by atoms with Crippen molar-refractivity contribution in [2.75, 3.05) is 26.2 Å². The third-order valence-corrected chi connectivity index (χ3v) is 5.92. The summed E-state index contributed by atoms with van der Waals surface area (Å²) in [5.41, 5.74) is 2.31. The minimum atomic E-state index is 0.140. The van der Waals surface area contributed by atoms with Gasteiger partial charge in [0.05, 0.1) is 13.0 Å². The van der Waals surface area contributed by atoms with E-state index in [4.69, 9.17) is 4.74 Å². The maximum Gasteiger partial charge on any atom is 0.224 e. The fourth-order valence-corrected chi connectivity index (χ4v) is 4.63. The van der Waals surface area contributed by atoms with Gasteiger partial charge in [-0.25, -0.2) is 0 Å². The molecule has 1 aromatic carbocycles. The fraction of sp³-hybridized carbons (Fsp3) is 0.650. The number of hydrogen-bond acceptors (Lipinski definition) is 3. The van der Waals surface area contributed by atoms with Crippen LogP contribution in [0.1, 0.15) is 43.2 Å². The van der Waals surface area contributed by atoms with Crippen LogP contribution in [0.2, 0.25) is 0 Å².